The van der Waals surface area contributed by atoms with Crippen LogP contribution in [0, 0.1) is 5.41 Å². The van der Waals surface area contributed by atoms with Gasteiger partial charge in [0, 0.05) is 24.5 Å². The van der Waals surface area contributed by atoms with Crippen molar-refractivity contribution in [2.75, 3.05) is 43.1 Å². The first-order valence-corrected chi connectivity index (χ1v) is 8.01. The van der Waals surface area contributed by atoms with E-state index in [1.165, 1.54) is 4.90 Å². The number of amides is 3. The van der Waals surface area contributed by atoms with Crippen molar-refractivity contribution < 1.29 is 19.4 Å². The van der Waals surface area contributed by atoms with E-state index in [0.717, 1.165) is 0 Å². The summed E-state index contributed by atoms with van der Waals surface area (Å²) in [7, 11) is 0. The van der Waals surface area contributed by atoms with Crippen LogP contribution >= 0.6 is 0 Å². The van der Waals surface area contributed by atoms with Crippen molar-refractivity contribution in [3.63, 3.8) is 0 Å². The van der Waals surface area contributed by atoms with Gasteiger partial charge in [-0.1, -0.05) is 26.8 Å². The molecule has 0 aromatic heterocycles. The van der Waals surface area contributed by atoms with E-state index in [0.29, 0.717) is 31.1 Å². The van der Waals surface area contributed by atoms with Crippen LogP contribution in [0.4, 0.5) is 21.0 Å². The minimum Gasteiger partial charge on any atom is -0.447 e. The maximum atomic E-state index is 12.5. The van der Waals surface area contributed by atoms with Gasteiger partial charge in [0.1, 0.15) is 6.61 Å². The molecule has 7 heteroatoms. The van der Waals surface area contributed by atoms with Gasteiger partial charge >= 0.3 is 12.1 Å². The van der Waals surface area contributed by atoms with Crippen molar-refractivity contribution in [3.05, 3.63) is 24.3 Å². The number of cyclic esters (lactones) is 1. The van der Waals surface area contributed by atoms with Gasteiger partial charge < -0.3 is 20.1 Å². The smallest absolute Gasteiger partial charge is 0.414 e. The second-order valence-electron chi connectivity index (χ2n) is 6.95. The van der Waals surface area contributed by atoms with E-state index in [1.54, 1.807) is 29.2 Å². The summed E-state index contributed by atoms with van der Waals surface area (Å²) in [5, 5.41) is 12.0. The Kier molecular flexibility index (Phi) is 5.66. The van der Waals surface area contributed by atoms with Crippen LogP contribution in [0.1, 0.15) is 20.8 Å². The van der Waals surface area contributed by atoms with Crippen LogP contribution in [-0.4, -0.2) is 55.0 Å². The molecule has 1 aliphatic heterocycles. The molecule has 0 aliphatic carbocycles. The molecule has 24 heavy (non-hydrogen) atoms. The zero-order chi connectivity index (χ0) is 17.7. The van der Waals surface area contributed by atoms with Crippen LogP contribution in [0.15, 0.2) is 24.3 Å². The van der Waals surface area contributed by atoms with Gasteiger partial charge in [-0.25, -0.2) is 9.59 Å². The number of rotatable bonds is 5. The number of benzene rings is 1. The van der Waals surface area contributed by atoms with Gasteiger partial charge in [0.05, 0.1) is 13.2 Å². The molecule has 132 valence electrons. The number of ether oxygens (including phenoxy) is 1. The molecular weight excluding hydrogens is 310 g/mol. The Morgan fingerprint density at radius 2 is 2.17 bits per heavy atom. The third-order valence-corrected chi connectivity index (χ3v) is 3.49. The van der Waals surface area contributed by atoms with Crippen molar-refractivity contribution >= 4 is 23.5 Å². The minimum absolute atomic E-state index is 0.0757. The quantitative estimate of drug-likeness (QED) is 0.866. The molecule has 0 saturated carbocycles. The summed E-state index contributed by atoms with van der Waals surface area (Å²) in [6.45, 7) is 7.66. The highest BCUT2D eigenvalue weighted by Crippen LogP contribution is 2.23. The van der Waals surface area contributed by atoms with Gasteiger partial charge in [0.2, 0.25) is 0 Å². The van der Waals surface area contributed by atoms with Crippen molar-refractivity contribution in [3.8, 4) is 0 Å². The molecule has 1 aromatic rings. The van der Waals surface area contributed by atoms with Crippen molar-refractivity contribution in [1.82, 2.24) is 4.90 Å². The molecule has 0 bridgehead atoms. The topological polar surface area (TPSA) is 82.1 Å². The first-order chi connectivity index (χ1) is 11.3. The van der Waals surface area contributed by atoms with E-state index in [2.05, 4.69) is 5.32 Å². The highest BCUT2D eigenvalue weighted by Gasteiger charge is 2.24. The maximum absolute atomic E-state index is 12.5. The fourth-order valence-electron chi connectivity index (χ4n) is 2.53. The summed E-state index contributed by atoms with van der Waals surface area (Å²) in [6, 6.07) is 6.79. The first kappa shape index (κ1) is 18.1. The van der Waals surface area contributed by atoms with Gasteiger partial charge in [0.15, 0.2) is 0 Å². The van der Waals surface area contributed by atoms with Crippen molar-refractivity contribution in [2.45, 2.75) is 20.8 Å². The number of hydrogen-bond donors (Lipinski definition) is 2. The Morgan fingerprint density at radius 3 is 2.75 bits per heavy atom. The van der Waals surface area contributed by atoms with Crippen LogP contribution in [0.3, 0.4) is 0 Å². The standard InChI is InChI=1S/C17H25N3O4/c1-17(2,3)12-19(7-9-21)15(22)18-13-5-4-6-14(11-13)20-8-10-24-16(20)23/h4-6,11,21H,7-10,12H2,1-3H3,(H,18,22). The number of hydrogen-bond acceptors (Lipinski definition) is 4. The van der Waals surface area contributed by atoms with E-state index < -0.39 is 0 Å². The summed E-state index contributed by atoms with van der Waals surface area (Å²) >= 11 is 0. The van der Waals surface area contributed by atoms with Gasteiger partial charge in [-0.2, -0.15) is 0 Å². The SMILES string of the molecule is CC(C)(C)CN(CCO)C(=O)Nc1cccc(N2CCOC2=O)c1. The monoisotopic (exact) mass is 335 g/mol. The Morgan fingerprint density at radius 1 is 1.42 bits per heavy atom. The second-order valence-corrected chi connectivity index (χ2v) is 6.95. The van der Waals surface area contributed by atoms with E-state index in [-0.39, 0.29) is 30.7 Å². The highest BCUT2D eigenvalue weighted by molar-refractivity contribution is 5.93. The molecule has 0 unspecified atom stereocenters. The Hall–Kier alpha value is -2.28. The van der Waals surface area contributed by atoms with Crippen molar-refractivity contribution in [2.24, 2.45) is 5.41 Å². The van der Waals surface area contributed by atoms with Crippen LogP contribution < -0.4 is 10.2 Å². The predicted molar refractivity (Wildman–Crippen MR) is 92.3 cm³/mol. The fraction of sp³-hybridized carbons (Fsp3) is 0.529. The lowest BCUT2D eigenvalue weighted by Gasteiger charge is -2.29. The van der Waals surface area contributed by atoms with Crippen LogP contribution in [-0.2, 0) is 4.74 Å². The summed E-state index contributed by atoms with van der Waals surface area (Å²) in [5.41, 5.74) is 1.20. The van der Waals surface area contributed by atoms with Crippen LogP contribution in [0.25, 0.3) is 0 Å². The molecule has 3 amide bonds. The molecule has 1 aromatic carbocycles. The van der Waals surface area contributed by atoms with E-state index in [9.17, 15) is 14.7 Å². The van der Waals surface area contributed by atoms with Gasteiger partial charge in [0.25, 0.3) is 0 Å². The Balaban J connectivity index is 2.08. The third kappa shape index (κ3) is 4.86. The van der Waals surface area contributed by atoms with Crippen molar-refractivity contribution in [1.29, 1.82) is 0 Å². The maximum Gasteiger partial charge on any atom is 0.414 e. The number of carbonyl (C=O) groups excluding carboxylic acids is 2. The highest BCUT2D eigenvalue weighted by atomic mass is 16.6. The Labute approximate surface area is 142 Å². The number of nitrogens with zero attached hydrogens (tertiary/aromatic N) is 2. The molecule has 1 saturated heterocycles. The zero-order valence-electron chi connectivity index (χ0n) is 14.4. The number of carbonyl (C=O) groups is 2. The molecule has 7 nitrogen and oxygen atoms in total. The summed E-state index contributed by atoms with van der Waals surface area (Å²) in [4.78, 5) is 27.2. The van der Waals surface area contributed by atoms with Crippen LogP contribution in [0.5, 0.6) is 0 Å². The summed E-state index contributed by atoms with van der Waals surface area (Å²) < 4.78 is 4.93. The molecule has 1 aliphatic rings. The molecule has 0 atom stereocenters. The molecule has 2 rings (SSSR count). The molecule has 1 heterocycles. The average molecular weight is 335 g/mol. The van der Waals surface area contributed by atoms with E-state index in [4.69, 9.17) is 4.74 Å². The molecule has 0 spiro atoms. The largest absolute Gasteiger partial charge is 0.447 e. The number of nitrogens with one attached hydrogen (secondary N) is 1. The third-order valence-electron chi connectivity index (χ3n) is 3.49. The van der Waals surface area contributed by atoms with Gasteiger partial charge in [-0.3, -0.25) is 4.90 Å². The lowest BCUT2D eigenvalue weighted by molar-refractivity contribution is 0.162. The molecule has 2 N–H and O–H groups in total. The summed E-state index contributed by atoms with van der Waals surface area (Å²) in [6.07, 6.45) is -0.381. The van der Waals surface area contributed by atoms with E-state index in [1.807, 2.05) is 20.8 Å². The lowest BCUT2D eigenvalue weighted by atomic mass is 9.96. The second kappa shape index (κ2) is 7.53. The molecule has 0 radical (unpaired) electrons. The number of aliphatic hydroxyl groups excluding tert-OH is 1. The van der Waals surface area contributed by atoms with E-state index >= 15 is 0 Å². The van der Waals surface area contributed by atoms with Gasteiger partial charge in [-0.05, 0) is 23.6 Å². The number of aliphatic hydroxyl groups is 1. The Bertz CT molecular complexity index is 598. The number of urea groups is 1. The normalized spacial score (nSPS) is 14.5. The minimum atomic E-state index is -0.381. The number of anilines is 2. The average Bonchev–Trinajstić information content (AvgIpc) is 2.92. The summed E-state index contributed by atoms with van der Waals surface area (Å²) in [5.74, 6) is 0. The van der Waals surface area contributed by atoms with Crippen LogP contribution in [0.2, 0.25) is 0 Å². The first-order valence-electron chi connectivity index (χ1n) is 8.01. The zero-order valence-corrected chi connectivity index (χ0v) is 14.4. The van der Waals surface area contributed by atoms with Gasteiger partial charge in [-0.15, -0.1) is 0 Å². The molecule has 1 fully saturated rings. The lowest BCUT2D eigenvalue weighted by Crippen LogP contribution is -2.42. The predicted octanol–water partition coefficient (Wildman–Crippen LogP) is 2.52. The fourth-order valence-corrected chi connectivity index (χ4v) is 2.53. The molecular formula is C17H25N3O4.